The molecule has 164 valence electrons. The highest BCUT2D eigenvalue weighted by molar-refractivity contribution is 7.89. The predicted molar refractivity (Wildman–Crippen MR) is 122 cm³/mol. The Morgan fingerprint density at radius 1 is 1.26 bits per heavy atom. The van der Waals surface area contributed by atoms with Gasteiger partial charge in [-0.05, 0) is 47.2 Å². The second kappa shape index (κ2) is 10.1. The number of fused-ring (bicyclic) bond motifs is 1. The Kier molecular flexibility index (Phi) is 7.45. The van der Waals surface area contributed by atoms with E-state index in [1.807, 2.05) is 11.4 Å². The van der Waals surface area contributed by atoms with Crippen molar-refractivity contribution in [1.29, 1.82) is 0 Å². The van der Waals surface area contributed by atoms with Crippen LogP contribution in [-0.2, 0) is 14.8 Å². The molecule has 0 bridgehead atoms. The molecular weight excluding hydrogens is 436 g/mol. The maximum absolute atomic E-state index is 12.5. The Labute approximate surface area is 185 Å². The van der Waals surface area contributed by atoms with Crippen molar-refractivity contribution < 1.29 is 23.1 Å². The van der Waals surface area contributed by atoms with Gasteiger partial charge >= 0.3 is 0 Å². The van der Waals surface area contributed by atoms with Gasteiger partial charge in [-0.25, -0.2) is 13.1 Å². The Balaban J connectivity index is 2.04. The SMILES string of the molecule is C=C1/C(c2ccc(S(=O)(=O)NCCCO)cc2)=C(OC)\C=C/CNC(=O)c2sccc21. The van der Waals surface area contributed by atoms with E-state index in [1.165, 1.54) is 23.5 Å². The quantitative estimate of drug-likeness (QED) is 0.551. The van der Waals surface area contributed by atoms with Gasteiger partial charge in [-0.15, -0.1) is 11.3 Å². The average Bonchev–Trinajstić information content (AvgIpc) is 3.25. The summed E-state index contributed by atoms with van der Waals surface area (Å²) in [5, 5.41) is 13.5. The topological polar surface area (TPSA) is 105 Å². The molecule has 3 N–H and O–H groups in total. The molecule has 0 spiro atoms. The Morgan fingerprint density at radius 3 is 2.68 bits per heavy atom. The van der Waals surface area contributed by atoms with Crippen molar-refractivity contribution in [1.82, 2.24) is 10.0 Å². The van der Waals surface area contributed by atoms with Gasteiger partial charge in [0.25, 0.3) is 5.91 Å². The maximum Gasteiger partial charge on any atom is 0.262 e. The summed E-state index contributed by atoms with van der Waals surface area (Å²) in [6, 6.07) is 8.23. The number of hydrogen-bond donors (Lipinski definition) is 3. The van der Waals surface area contributed by atoms with Crippen LogP contribution in [0.4, 0.5) is 0 Å². The van der Waals surface area contributed by atoms with E-state index in [-0.39, 0.29) is 24.0 Å². The van der Waals surface area contributed by atoms with E-state index >= 15 is 0 Å². The van der Waals surface area contributed by atoms with Gasteiger partial charge in [0, 0.05) is 30.8 Å². The molecule has 2 heterocycles. The van der Waals surface area contributed by atoms with Gasteiger partial charge in [0.1, 0.15) is 5.76 Å². The summed E-state index contributed by atoms with van der Waals surface area (Å²) in [7, 11) is -2.13. The van der Waals surface area contributed by atoms with Crippen molar-refractivity contribution in [3.05, 3.63) is 76.2 Å². The summed E-state index contributed by atoms with van der Waals surface area (Å²) in [5.41, 5.74) is 2.68. The van der Waals surface area contributed by atoms with Gasteiger partial charge in [-0.2, -0.15) is 0 Å². The highest BCUT2D eigenvalue weighted by Crippen LogP contribution is 2.37. The maximum atomic E-state index is 12.5. The van der Waals surface area contributed by atoms with E-state index in [4.69, 9.17) is 9.84 Å². The summed E-state index contributed by atoms with van der Waals surface area (Å²) in [4.78, 5) is 13.1. The van der Waals surface area contributed by atoms with Crippen molar-refractivity contribution in [2.45, 2.75) is 11.3 Å². The van der Waals surface area contributed by atoms with Crippen LogP contribution in [-0.4, -0.2) is 46.2 Å². The molecule has 0 fully saturated rings. The zero-order valence-electron chi connectivity index (χ0n) is 17.1. The smallest absolute Gasteiger partial charge is 0.262 e. The summed E-state index contributed by atoms with van der Waals surface area (Å²) < 4.78 is 32.9. The van der Waals surface area contributed by atoms with E-state index in [1.54, 1.807) is 31.4 Å². The number of allylic oxidation sites excluding steroid dienone is 3. The van der Waals surface area contributed by atoms with Crippen LogP contribution in [0.2, 0.25) is 0 Å². The third-order valence-electron chi connectivity index (χ3n) is 4.69. The third-order valence-corrected chi connectivity index (χ3v) is 7.08. The van der Waals surface area contributed by atoms with Crippen molar-refractivity contribution in [3.8, 4) is 0 Å². The number of nitrogens with one attached hydrogen (secondary N) is 2. The fourth-order valence-electron chi connectivity index (χ4n) is 3.14. The van der Waals surface area contributed by atoms with Crippen LogP contribution < -0.4 is 10.0 Å². The largest absolute Gasteiger partial charge is 0.496 e. The first-order chi connectivity index (χ1) is 14.9. The number of sulfonamides is 1. The van der Waals surface area contributed by atoms with Crippen LogP contribution in [0.1, 0.15) is 27.2 Å². The molecule has 1 aliphatic heterocycles. The van der Waals surface area contributed by atoms with Gasteiger partial charge in [0.15, 0.2) is 0 Å². The number of aliphatic hydroxyl groups is 1. The molecule has 0 saturated carbocycles. The lowest BCUT2D eigenvalue weighted by molar-refractivity contribution is 0.0961. The third kappa shape index (κ3) is 5.13. The molecule has 0 saturated heterocycles. The second-order valence-corrected chi connectivity index (χ2v) is 9.38. The first-order valence-electron chi connectivity index (χ1n) is 9.60. The highest BCUT2D eigenvalue weighted by Gasteiger charge is 2.22. The van der Waals surface area contributed by atoms with Crippen LogP contribution in [0, 0.1) is 0 Å². The van der Waals surface area contributed by atoms with Gasteiger partial charge in [0.05, 0.1) is 16.9 Å². The molecule has 3 rings (SSSR count). The molecule has 0 aliphatic carbocycles. The minimum atomic E-state index is -3.68. The number of hydrogen-bond acceptors (Lipinski definition) is 6. The molecule has 0 radical (unpaired) electrons. The van der Waals surface area contributed by atoms with Crippen molar-refractivity contribution in [2.24, 2.45) is 0 Å². The standard InChI is InChI=1S/C22H24N2O5S2/c1-15-18-10-14-30-21(18)22(26)23-11-3-5-19(29-2)20(15)16-6-8-17(9-7-16)31(27,28)24-12-4-13-25/h3,5-10,14,24-25H,1,4,11-13H2,2H3,(H,23,26)/b5-3-,20-19-. The number of thiophene rings is 1. The monoisotopic (exact) mass is 460 g/mol. The fourth-order valence-corrected chi connectivity index (χ4v) is 5.06. The number of benzene rings is 1. The van der Waals surface area contributed by atoms with Crippen molar-refractivity contribution >= 4 is 38.4 Å². The van der Waals surface area contributed by atoms with Crippen LogP contribution >= 0.6 is 11.3 Å². The number of ether oxygens (including phenoxy) is 1. The molecule has 0 unspecified atom stereocenters. The van der Waals surface area contributed by atoms with Gasteiger partial charge in [-0.3, -0.25) is 4.79 Å². The number of aliphatic hydroxyl groups excluding tert-OH is 1. The second-order valence-electron chi connectivity index (χ2n) is 6.70. The molecule has 31 heavy (non-hydrogen) atoms. The average molecular weight is 461 g/mol. The predicted octanol–water partition coefficient (Wildman–Crippen LogP) is 2.78. The zero-order chi connectivity index (χ0) is 22.4. The number of carbonyl (C=O) groups excluding carboxylic acids is 1. The first-order valence-corrected chi connectivity index (χ1v) is 12.0. The number of amides is 1. The summed E-state index contributed by atoms with van der Waals surface area (Å²) in [6.07, 6.45) is 3.88. The van der Waals surface area contributed by atoms with Gasteiger partial charge in [0.2, 0.25) is 10.0 Å². The van der Waals surface area contributed by atoms with E-state index in [0.29, 0.717) is 45.9 Å². The minimum absolute atomic E-state index is 0.0897. The summed E-state index contributed by atoms with van der Waals surface area (Å²) in [6.45, 7) is 4.63. The lowest BCUT2D eigenvalue weighted by Gasteiger charge is -2.17. The normalized spacial score (nSPS) is 18.3. The Bertz CT molecular complexity index is 1130. The Morgan fingerprint density at radius 2 is 2.00 bits per heavy atom. The van der Waals surface area contributed by atoms with Crippen LogP contribution in [0.5, 0.6) is 0 Å². The molecule has 7 nitrogen and oxygen atoms in total. The zero-order valence-corrected chi connectivity index (χ0v) is 18.7. The highest BCUT2D eigenvalue weighted by atomic mass is 32.2. The summed E-state index contributed by atoms with van der Waals surface area (Å²) in [5.74, 6) is 0.376. The molecule has 1 aliphatic rings. The first kappa shape index (κ1) is 23.0. The lowest BCUT2D eigenvalue weighted by atomic mass is 9.92. The number of carbonyl (C=O) groups is 1. The minimum Gasteiger partial charge on any atom is -0.496 e. The number of methoxy groups -OCH3 is 1. The van der Waals surface area contributed by atoms with Gasteiger partial charge < -0.3 is 15.2 Å². The van der Waals surface area contributed by atoms with Gasteiger partial charge in [-0.1, -0.05) is 24.8 Å². The van der Waals surface area contributed by atoms with E-state index < -0.39 is 10.0 Å². The van der Waals surface area contributed by atoms with E-state index in [0.717, 1.165) is 0 Å². The van der Waals surface area contributed by atoms with E-state index in [2.05, 4.69) is 16.6 Å². The molecule has 1 amide bonds. The molecule has 2 aromatic rings. The van der Waals surface area contributed by atoms with E-state index in [9.17, 15) is 13.2 Å². The van der Waals surface area contributed by atoms with Crippen LogP contribution in [0.15, 0.2) is 65.1 Å². The number of rotatable bonds is 7. The lowest BCUT2D eigenvalue weighted by Crippen LogP contribution is -2.25. The molecule has 0 atom stereocenters. The van der Waals surface area contributed by atoms with Crippen LogP contribution in [0.25, 0.3) is 11.1 Å². The van der Waals surface area contributed by atoms with Crippen molar-refractivity contribution in [2.75, 3.05) is 26.8 Å². The fraction of sp³-hybridized carbons (Fsp3) is 0.227. The molecule has 1 aromatic carbocycles. The molecular formula is C22H24N2O5S2. The van der Waals surface area contributed by atoms with Crippen molar-refractivity contribution in [3.63, 3.8) is 0 Å². The summed E-state index contributed by atoms with van der Waals surface area (Å²) >= 11 is 1.33. The van der Waals surface area contributed by atoms with Crippen LogP contribution in [0.3, 0.4) is 0 Å². The molecule has 1 aromatic heterocycles. The molecule has 9 heteroatoms. The Hall–Kier alpha value is -2.72.